The third kappa shape index (κ3) is 5.20. The Labute approximate surface area is 95.3 Å². The zero-order valence-electron chi connectivity index (χ0n) is 8.86. The maximum Gasteiger partial charge on any atom is 0.209 e. The number of sulfonamides is 1. The third-order valence-electron chi connectivity index (χ3n) is 1.77. The van der Waals surface area contributed by atoms with Gasteiger partial charge in [0.25, 0.3) is 0 Å². The molecule has 0 fully saturated rings. The average Bonchev–Trinajstić information content (AvgIpc) is 2.16. The van der Waals surface area contributed by atoms with Gasteiger partial charge in [-0.15, -0.1) is 11.8 Å². The van der Waals surface area contributed by atoms with Gasteiger partial charge >= 0.3 is 0 Å². The quantitative estimate of drug-likeness (QED) is 0.805. The van der Waals surface area contributed by atoms with Gasteiger partial charge in [0.1, 0.15) is 0 Å². The fourth-order valence-corrected chi connectivity index (χ4v) is 2.18. The highest BCUT2D eigenvalue weighted by molar-refractivity contribution is 7.99. The summed E-state index contributed by atoms with van der Waals surface area (Å²) < 4.78 is 24.2. The molecule has 0 aliphatic rings. The molecule has 5 heteroatoms. The lowest BCUT2D eigenvalue weighted by Crippen LogP contribution is -2.21. The second-order valence-corrected chi connectivity index (χ2v) is 6.34. The molecular weight excluding hydrogens is 230 g/mol. The highest BCUT2D eigenvalue weighted by Gasteiger charge is 2.00. The zero-order valence-corrected chi connectivity index (χ0v) is 10.5. The molecule has 1 aromatic rings. The Hall–Kier alpha value is -0.520. The predicted molar refractivity (Wildman–Crippen MR) is 64.5 cm³/mol. The van der Waals surface area contributed by atoms with Gasteiger partial charge in [-0.05, 0) is 23.4 Å². The highest BCUT2D eigenvalue weighted by Crippen LogP contribution is 2.17. The minimum absolute atomic E-state index is 0.357. The first kappa shape index (κ1) is 12.5. The number of nitrogens with one attached hydrogen (secondary N) is 1. The Balaban J connectivity index is 2.57. The van der Waals surface area contributed by atoms with Crippen LogP contribution in [0.2, 0.25) is 0 Å². The first-order chi connectivity index (χ1) is 7.01. The molecule has 1 rings (SSSR count). The van der Waals surface area contributed by atoms with Gasteiger partial charge in [-0.1, -0.05) is 19.1 Å². The van der Waals surface area contributed by atoms with Crippen LogP contribution in [0.25, 0.3) is 0 Å². The molecule has 0 aromatic heterocycles. The van der Waals surface area contributed by atoms with E-state index in [1.54, 1.807) is 11.8 Å². The van der Waals surface area contributed by atoms with Crippen LogP contribution >= 0.6 is 11.8 Å². The SMILES string of the molecule is CCSc1ccc(CNS(C)(=O)=O)cc1. The number of benzene rings is 1. The largest absolute Gasteiger partial charge is 0.213 e. The van der Waals surface area contributed by atoms with Crippen LogP contribution in [0, 0.1) is 0 Å². The van der Waals surface area contributed by atoms with Gasteiger partial charge in [0.05, 0.1) is 6.26 Å². The van der Waals surface area contributed by atoms with E-state index in [1.165, 1.54) is 4.90 Å². The molecule has 0 saturated carbocycles. The van der Waals surface area contributed by atoms with Crippen LogP contribution in [0.4, 0.5) is 0 Å². The van der Waals surface area contributed by atoms with E-state index in [4.69, 9.17) is 0 Å². The minimum atomic E-state index is -3.10. The fourth-order valence-electron chi connectivity index (χ4n) is 1.08. The molecule has 0 aliphatic carbocycles. The molecule has 0 bridgehead atoms. The van der Waals surface area contributed by atoms with Crippen LogP contribution in [-0.2, 0) is 16.6 Å². The summed E-state index contributed by atoms with van der Waals surface area (Å²) >= 11 is 1.77. The number of thioether (sulfide) groups is 1. The summed E-state index contributed by atoms with van der Waals surface area (Å²) in [6.45, 7) is 2.46. The van der Waals surface area contributed by atoms with E-state index in [0.29, 0.717) is 6.54 Å². The van der Waals surface area contributed by atoms with Crippen molar-refractivity contribution in [2.75, 3.05) is 12.0 Å². The van der Waals surface area contributed by atoms with Gasteiger partial charge in [-0.25, -0.2) is 13.1 Å². The van der Waals surface area contributed by atoms with Crippen molar-refractivity contribution in [2.45, 2.75) is 18.4 Å². The normalized spacial score (nSPS) is 11.6. The summed E-state index contributed by atoms with van der Waals surface area (Å²) in [5, 5.41) is 0. The topological polar surface area (TPSA) is 46.2 Å². The zero-order chi connectivity index (χ0) is 11.3. The molecule has 0 atom stereocenters. The van der Waals surface area contributed by atoms with E-state index in [-0.39, 0.29) is 0 Å². The van der Waals surface area contributed by atoms with Crippen molar-refractivity contribution >= 4 is 21.8 Å². The Morgan fingerprint density at radius 3 is 2.33 bits per heavy atom. The Bertz CT molecular complexity index is 398. The van der Waals surface area contributed by atoms with Gasteiger partial charge in [0.15, 0.2) is 0 Å². The molecule has 0 spiro atoms. The van der Waals surface area contributed by atoms with Crippen LogP contribution in [0.3, 0.4) is 0 Å². The lowest BCUT2D eigenvalue weighted by atomic mass is 10.2. The van der Waals surface area contributed by atoms with Crippen LogP contribution in [0.5, 0.6) is 0 Å². The van der Waals surface area contributed by atoms with Crippen molar-refractivity contribution in [3.63, 3.8) is 0 Å². The molecule has 0 radical (unpaired) electrons. The van der Waals surface area contributed by atoms with E-state index in [2.05, 4.69) is 11.6 Å². The fraction of sp³-hybridized carbons (Fsp3) is 0.400. The number of hydrogen-bond acceptors (Lipinski definition) is 3. The highest BCUT2D eigenvalue weighted by atomic mass is 32.2. The van der Waals surface area contributed by atoms with E-state index in [1.807, 2.05) is 24.3 Å². The maximum atomic E-state index is 10.9. The molecule has 15 heavy (non-hydrogen) atoms. The minimum Gasteiger partial charge on any atom is -0.213 e. The van der Waals surface area contributed by atoms with Crippen LogP contribution in [0.1, 0.15) is 12.5 Å². The van der Waals surface area contributed by atoms with E-state index in [9.17, 15) is 8.42 Å². The summed E-state index contributed by atoms with van der Waals surface area (Å²) in [5.41, 5.74) is 0.973. The van der Waals surface area contributed by atoms with Gasteiger partial charge in [-0.2, -0.15) is 0 Å². The smallest absolute Gasteiger partial charge is 0.209 e. The van der Waals surface area contributed by atoms with Crippen LogP contribution in [-0.4, -0.2) is 20.4 Å². The summed E-state index contributed by atoms with van der Waals surface area (Å²) in [6, 6.07) is 7.90. The summed E-state index contributed by atoms with van der Waals surface area (Å²) in [5.74, 6) is 1.04. The molecule has 0 unspecified atom stereocenters. The van der Waals surface area contributed by atoms with Crippen molar-refractivity contribution in [2.24, 2.45) is 0 Å². The summed E-state index contributed by atoms with van der Waals surface area (Å²) in [4.78, 5) is 1.21. The van der Waals surface area contributed by atoms with Crippen molar-refractivity contribution in [1.82, 2.24) is 4.72 Å². The first-order valence-electron chi connectivity index (χ1n) is 4.67. The van der Waals surface area contributed by atoms with E-state index in [0.717, 1.165) is 17.6 Å². The monoisotopic (exact) mass is 245 g/mol. The Kier molecular flexibility index (Phi) is 4.63. The molecule has 1 aromatic carbocycles. The summed E-state index contributed by atoms with van der Waals surface area (Å²) in [7, 11) is -3.10. The van der Waals surface area contributed by atoms with Gasteiger partial charge in [0, 0.05) is 11.4 Å². The van der Waals surface area contributed by atoms with E-state index < -0.39 is 10.0 Å². The molecule has 3 nitrogen and oxygen atoms in total. The van der Waals surface area contributed by atoms with Crippen molar-refractivity contribution in [3.05, 3.63) is 29.8 Å². The lowest BCUT2D eigenvalue weighted by molar-refractivity contribution is 0.587. The second kappa shape index (κ2) is 5.53. The van der Waals surface area contributed by atoms with Gasteiger partial charge in [0.2, 0.25) is 10.0 Å². The predicted octanol–water partition coefficient (Wildman–Crippen LogP) is 1.85. The van der Waals surface area contributed by atoms with Crippen LogP contribution in [0.15, 0.2) is 29.2 Å². The van der Waals surface area contributed by atoms with Crippen molar-refractivity contribution in [1.29, 1.82) is 0 Å². The number of rotatable bonds is 5. The Morgan fingerprint density at radius 1 is 1.27 bits per heavy atom. The molecule has 0 saturated heterocycles. The van der Waals surface area contributed by atoms with Crippen molar-refractivity contribution < 1.29 is 8.42 Å². The number of hydrogen-bond donors (Lipinski definition) is 1. The lowest BCUT2D eigenvalue weighted by Gasteiger charge is -2.03. The van der Waals surface area contributed by atoms with Gasteiger partial charge in [-0.3, -0.25) is 0 Å². The third-order valence-corrected chi connectivity index (χ3v) is 3.34. The van der Waals surface area contributed by atoms with Gasteiger partial charge < -0.3 is 0 Å². The molecule has 0 heterocycles. The summed E-state index contributed by atoms with van der Waals surface area (Å²) in [6.07, 6.45) is 1.16. The molecule has 84 valence electrons. The van der Waals surface area contributed by atoms with E-state index >= 15 is 0 Å². The molecule has 1 N–H and O–H groups in total. The first-order valence-corrected chi connectivity index (χ1v) is 7.55. The van der Waals surface area contributed by atoms with Crippen molar-refractivity contribution in [3.8, 4) is 0 Å². The average molecular weight is 245 g/mol. The maximum absolute atomic E-state index is 10.9. The second-order valence-electron chi connectivity index (χ2n) is 3.17. The Morgan fingerprint density at radius 2 is 1.87 bits per heavy atom. The standard InChI is InChI=1S/C10H15NO2S2/c1-3-14-10-6-4-9(5-7-10)8-11-15(2,12)13/h4-7,11H,3,8H2,1-2H3. The molecular formula is C10H15NO2S2. The molecule has 0 amide bonds. The molecule has 0 aliphatic heterocycles. The van der Waals surface area contributed by atoms with Crippen LogP contribution < -0.4 is 4.72 Å².